The van der Waals surface area contributed by atoms with Gasteiger partial charge in [0.25, 0.3) is 0 Å². The molecule has 0 atom stereocenters. The molecule has 1 N–H and O–H groups in total. The number of pyridine rings is 1. The van der Waals surface area contributed by atoms with Crippen LogP contribution in [0.25, 0.3) is 0 Å². The quantitative estimate of drug-likeness (QED) is 0.665. The summed E-state index contributed by atoms with van der Waals surface area (Å²) in [6.07, 6.45) is 1.83. The summed E-state index contributed by atoms with van der Waals surface area (Å²) in [5, 5.41) is 3.47. The Bertz CT molecular complexity index is 767. The van der Waals surface area contributed by atoms with Crippen molar-refractivity contribution in [2.45, 2.75) is 19.3 Å². The van der Waals surface area contributed by atoms with Crippen LogP contribution < -0.4 is 10.2 Å². The number of hydrogen-bond acceptors (Lipinski definition) is 3. The number of nitrogens with zero attached hydrogens (tertiary/aromatic N) is 4. The van der Waals surface area contributed by atoms with Crippen molar-refractivity contribution >= 4 is 11.8 Å². The summed E-state index contributed by atoms with van der Waals surface area (Å²) in [7, 11) is 1.81. The summed E-state index contributed by atoms with van der Waals surface area (Å²) in [6.45, 7) is 8.50. The fourth-order valence-corrected chi connectivity index (χ4v) is 3.33. The van der Waals surface area contributed by atoms with Crippen molar-refractivity contribution in [2.75, 3.05) is 44.7 Å². The van der Waals surface area contributed by atoms with E-state index in [1.807, 2.05) is 37.5 Å². The molecule has 0 spiro atoms. The van der Waals surface area contributed by atoms with E-state index >= 15 is 0 Å². The molecule has 1 aromatic heterocycles. The highest BCUT2D eigenvalue weighted by Crippen LogP contribution is 2.23. The first-order chi connectivity index (χ1) is 13.0. The van der Waals surface area contributed by atoms with Crippen molar-refractivity contribution in [3.63, 3.8) is 0 Å². The lowest BCUT2D eigenvalue weighted by Crippen LogP contribution is -2.54. The van der Waals surface area contributed by atoms with Crippen LogP contribution in [0.2, 0.25) is 0 Å². The molecule has 144 valence electrons. The number of rotatable bonds is 4. The molecule has 1 aliphatic heterocycles. The second kappa shape index (κ2) is 8.37. The molecule has 0 radical (unpaired) electrons. The van der Waals surface area contributed by atoms with Crippen molar-refractivity contribution in [1.82, 2.24) is 15.2 Å². The van der Waals surface area contributed by atoms with E-state index in [9.17, 15) is 4.39 Å². The predicted octanol–water partition coefficient (Wildman–Crippen LogP) is 2.90. The van der Waals surface area contributed by atoms with Crippen molar-refractivity contribution < 1.29 is 4.39 Å². The molecule has 2 heterocycles. The molecule has 5 nitrogen and oxygen atoms in total. The minimum Gasteiger partial charge on any atom is -0.355 e. The zero-order chi connectivity index (χ0) is 19.3. The first-order valence-electron chi connectivity index (χ1n) is 9.37. The van der Waals surface area contributed by atoms with Gasteiger partial charge in [0, 0.05) is 51.4 Å². The van der Waals surface area contributed by atoms with E-state index in [2.05, 4.69) is 38.9 Å². The normalized spacial score (nSPS) is 15.8. The minimum atomic E-state index is -0.201. The summed E-state index contributed by atoms with van der Waals surface area (Å²) in [6, 6.07) is 12.8. The summed E-state index contributed by atoms with van der Waals surface area (Å²) in [4.78, 5) is 13.4. The number of aromatic nitrogens is 1. The Morgan fingerprint density at radius 1 is 1.15 bits per heavy atom. The first-order valence-corrected chi connectivity index (χ1v) is 9.37. The number of aliphatic imine (C=N–C) groups is 1. The maximum absolute atomic E-state index is 13.6. The smallest absolute Gasteiger partial charge is 0.193 e. The SMILES string of the molecule is CN=C(NCC(C)(C)c1cccc(F)c1)N1CCN(c2ccccn2)CC1. The van der Waals surface area contributed by atoms with Gasteiger partial charge in [-0.3, -0.25) is 4.99 Å². The summed E-state index contributed by atoms with van der Waals surface area (Å²) in [5.74, 6) is 1.71. The van der Waals surface area contributed by atoms with E-state index in [-0.39, 0.29) is 11.2 Å². The average molecular weight is 369 g/mol. The summed E-state index contributed by atoms with van der Waals surface area (Å²) >= 11 is 0. The molecule has 3 rings (SSSR count). The minimum absolute atomic E-state index is 0.199. The van der Waals surface area contributed by atoms with Crippen molar-refractivity contribution in [3.05, 3.63) is 60.0 Å². The van der Waals surface area contributed by atoms with Crippen LogP contribution in [0.15, 0.2) is 53.7 Å². The molecule has 1 aliphatic rings. The molecule has 0 bridgehead atoms. The Morgan fingerprint density at radius 3 is 2.56 bits per heavy atom. The Balaban J connectivity index is 1.57. The molecular formula is C21H28FN5. The Hall–Kier alpha value is -2.63. The summed E-state index contributed by atoms with van der Waals surface area (Å²) < 4.78 is 13.6. The molecule has 6 heteroatoms. The average Bonchev–Trinajstić information content (AvgIpc) is 2.69. The number of halogens is 1. The van der Waals surface area contributed by atoms with Gasteiger partial charge in [0.1, 0.15) is 11.6 Å². The van der Waals surface area contributed by atoms with Crippen LogP contribution in [-0.2, 0) is 5.41 Å². The Kier molecular flexibility index (Phi) is 5.94. The van der Waals surface area contributed by atoms with E-state index in [1.165, 1.54) is 6.07 Å². The van der Waals surface area contributed by atoms with Gasteiger partial charge in [0.15, 0.2) is 5.96 Å². The lowest BCUT2D eigenvalue weighted by Gasteiger charge is -2.38. The maximum Gasteiger partial charge on any atom is 0.193 e. The number of piperazine rings is 1. The largest absolute Gasteiger partial charge is 0.355 e. The highest BCUT2D eigenvalue weighted by Gasteiger charge is 2.24. The number of anilines is 1. The maximum atomic E-state index is 13.6. The zero-order valence-electron chi connectivity index (χ0n) is 16.3. The molecule has 1 fully saturated rings. The van der Waals surface area contributed by atoms with Crippen LogP contribution in [-0.4, -0.2) is 55.6 Å². The first kappa shape index (κ1) is 19.1. The fraction of sp³-hybridized carbons (Fsp3) is 0.429. The number of hydrogen-bond donors (Lipinski definition) is 1. The standard InChI is InChI=1S/C21H28FN5/c1-21(2,17-7-6-8-18(22)15-17)16-25-20(23-3)27-13-11-26(12-14-27)19-9-4-5-10-24-19/h4-10,15H,11-14,16H2,1-3H3,(H,23,25). The van der Waals surface area contributed by atoms with Crippen LogP contribution >= 0.6 is 0 Å². The van der Waals surface area contributed by atoms with Crippen LogP contribution in [0.5, 0.6) is 0 Å². The van der Waals surface area contributed by atoms with Gasteiger partial charge in [0.05, 0.1) is 0 Å². The van der Waals surface area contributed by atoms with Crippen LogP contribution in [0, 0.1) is 5.82 Å². The molecular weight excluding hydrogens is 341 g/mol. The van der Waals surface area contributed by atoms with E-state index in [0.29, 0.717) is 6.54 Å². The van der Waals surface area contributed by atoms with E-state index in [1.54, 1.807) is 12.1 Å². The second-order valence-electron chi connectivity index (χ2n) is 7.46. The van der Waals surface area contributed by atoms with Crippen molar-refractivity contribution in [2.24, 2.45) is 4.99 Å². The molecule has 0 amide bonds. The number of nitrogens with one attached hydrogen (secondary N) is 1. The van der Waals surface area contributed by atoms with Crippen LogP contribution in [0.4, 0.5) is 10.2 Å². The third kappa shape index (κ3) is 4.76. The zero-order valence-corrected chi connectivity index (χ0v) is 16.3. The van der Waals surface area contributed by atoms with Crippen LogP contribution in [0.1, 0.15) is 19.4 Å². The molecule has 0 aliphatic carbocycles. The molecule has 1 saturated heterocycles. The Labute approximate surface area is 160 Å². The molecule has 0 saturated carbocycles. The van der Waals surface area contributed by atoms with Gasteiger partial charge in [-0.15, -0.1) is 0 Å². The topological polar surface area (TPSA) is 43.8 Å². The monoisotopic (exact) mass is 369 g/mol. The molecule has 2 aromatic rings. The lowest BCUT2D eigenvalue weighted by molar-refractivity contribution is 0.365. The van der Waals surface area contributed by atoms with Gasteiger partial charge in [-0.25, -0.2) is 9.37 Å². The van der Waals surface area contributed by atoms with Gasteiger partial charge in [-0.1, -0.05) is 32.0 Å². The summed E-state index contributed by atoms with van der Waals surface area (Å²) in [5.41, 5.74) is 0.777. The third-order valence-electron chi connectivity index (χ3n) is 5.06. The van der Waals surface area contributed by atoms with Gasteiger partial charge in [0.2, 0.25) is 0 Å². The highest BCUT2D eigenvalue weighted by atomic mass is 19.1. The number of benzene rings is 1. The van der Waals surface area contributed by atoms with Gasteiger partial charge < -0.3 is 15.1 Å². The van der Waals surface area contributed by atoms with E-state index in [0.717, 1.165) is 43.5 Å². The van der Waals surface area contributed by atoms with Gasteiger partial charge >= 0.3 is 0 Å². The van der Waals surface area contributed by atoms with Crippen LogP contribution in [0.3, 0.4) is 0 Å². The van der Waals surface area contributed by atoms with E-state index in [4.69, 9.17) is 0 Å². The second-order valence-corrected chi connectivity index (χ2v) is 7.46. The van der Waals surface area contributed by atoms with Crippen molar-refractivity contribution in [1.29, 1.82) is 0 Å². The lowest BCUT2D eigenvalue weighted by atomic mass is 9.84. The predicted molar refractivity (Wildman–Crippen MR) is 109 cm³/mol. The van der Waals surface area contributed by atoms with Gasteiger partial charge in [-0.2, -0.15) is 0 Å². The molecule has 27 heavy (non-hydrogen) atoms. The Morgan fingerprint density at radius 2 is 1.93 bits per heavy atom. The fourth-order valence-electron chi connectivity index (χ4n) is 3.33. The number of guanidine groups is 1. The molecule has 1 aromatic carbocycles. The highest BCUT2D eigenvalue weighted by molar-refractivity contribution is 5.80. The molecule has 0 unspecified atom stereocenters. The van der Waals surface area contributed by atoms with Crippen molar-refractivity contribution in [3.8, 4) is 0 Å². The van der Waals surface area contributed by atoms with Gasteiger partial charge in [-0.05, 0) is 29.8 Å². The third-order valence-corrected chi connectivity index (χ3v) is 5.06. The van der Waals surface area contributed by atoms with E-state index < -0.39 is 0 Å².